The third kappa shape index (κ3) is 4.89. The second-order valence-corrected chi connectivity index (χ2v) is 7.79. The molecule has 1 aliphatic rings. The fourth-order valence-electron chi connectivity index (χ4n) is 3.61. The Morgan fingerprint density at radius 2 is 2.00 bits per heavy atom. The summed E-state index contributed by atoms with van der Waals surface area (Å²) < 4.78 is 5.35. The number of likely N-dealkylation sites (N-methyl/N-ethyl adjacent to an activating group) is 1. The number of halogens is 1. The predicted octanol–water partition coefficient (Wildman–Crippen LogP) is 3.12. The molecule has 1 saturated heterocycles. The van der Waals surface area contributed by atoms with Crippen LogP contribution in [0.15, 0.2) is 48.5 Å². The van der Waals surface area contributed by atoms with Crippen molar-refractivity contribution in [3.63, 3.8) is 0 Å². The van der Waals surface area contributed by atoms with E-state index in [0.717, 1.165) is 5.56 Å². The van der Waals surface area contributed by atoms with Gasteiger partial charge in [0.25, 0.3) is 0 Å². The van der Waals surface area contributed by atoms with Crippen molar-refractivity contribution in [3.8, 4) is 5.75 Å². The van der Waals surface area contributed by atoms with Crippen molar-refractivity contribution in [2.45, 2.75) is 12.5 Å². The standard InChI is InChI=1S/C22H26ClN3O3/c1-25(2)19(15-7-5-4-6-8-15)13-24-22(28)16-11-21(27)26(14-16)18-12-17(23)9-10-20(18)29-3/h4-10,12,16,19H,11,13-14H2,1-3H3,(H,24,28). The zero-order valence-electron chi connectivity index (χ0n) is 16.9. The van der Waals surface area contributed by atoms with E-state index in [0.29, 0.717) is 29.5 Å². The van der Waals surface area contributed by atoms with Gasteiger partial charge in [0.15, 0.2) is 0 Å². The van der Waals surface area contributed by atoms with E-state index in [-0.39, 0.29) is 24.3 Å². The first kappa shape index (κ1) is 21.1. The summed E-state index contributed by atoms with van der Waals surface area (Å²) in [5, 5.41) is 3.53. The monoisotopic (exact) mass is 415 g/mol. The summed E-state index contributed by atoms with van der Waals surface area (Å²) in [5.74, 6) is -0.0899. The molecular formula is C22H26ClN3O3. The smallest absolute Gasteiger partial charge is 0.227 e. The number of carbonyl (C=O) groups is 2. The molecule has 3 rings (SSSR count). The van der Waals surface area contributed by atoms with Gasteiger partial charge in [-0.1, -0.05) is 41.9 Å². The predicted molar refractivity (Wildman–Crippen MR) is 114 cm³/mol. The highest BCUT2D eigenvalue weighted by Crippen LogP contribution is 2.35. The van der Waals surface area contributed by atoms with E-state index in [2.05, 4.69) is 10.2 Å². The molecule has 1 fully saturated rings. The van der Waals surface area contributed by atoms with Crippen molar-refractivity contribution in [1.29, 1.82) is 0 Å². The van der Waals surface area contributed by atoms with Gasteiger partial charge in [-0.2, -0.15) is 0 Å². The Morgan fingerprint density at radius 3 is 2.66 bits per heavy atom. The van der Waals surface area contributed by atoms with Gasteiger partial charge in [-0.3, -0.25) is 9.59 Å². The molecule has 0 bridgehead atoms. The molecule has 0 radical (unpaired) electrons. The van der Waals surface area contributed by atoms with E-state index in [4.69, 9.17) is 16.3 Å². The quantitative estimate of drug-likeness (QED) is 0.754. The molecule has 7 heteroatoms. The Kier molecular flexibility index (Phi) is 6.77. The highest BCUT2D eigenvalue weighted by Gasteiger charge is 2.36. The van der Waals surface area contributed by atoms with Crippen LogP contribution in [-0.4, -0.2) is 51.0 Å². The molecule has 0 aromatic heterocycles. The zero-order valence-corrected chi connectivity index (χ0v) is 17.6. The number of amides is 2. The van der Waals surface area contributed by atoms with Crippen molar-refractivity contribution < 1.29 is 14.3 Å². The lowest BCUT2D eigenvalue weighted by Crippen LogP contribution is -2.38. The average molecular weight is 416 g/mol. The lowest BCUT2D eigenvalue weighted by Gasteiger charge is -2.25. The maximum atomic E-state index is 12.8. The van der Waals surface area contributed by atoms with E-state index in [1.165, 1.54) is 0 Å². The summed E-state index contributed by atoms with van der Waals surface area (Å²) in [6, 6.07) is 15.2. The molecule has 1 aliphatic heterocycles. The van der Waals surface area contributed by atoms with Crippen molar-refractivity contribution in [3.05, 3.63) is 59.1 Å². The lowest BCUT2D eigenvalue weighted by atomic mass is 10.0. The minimum atomic E-state index is -0.412. The van der Waals surface area contributed by atoms with Crippen LogP contribution in [0.5, 0.6) is 5.75 Å². The number of carbonyl (C=O) groups excluding carboxylic acids is 2. The summed E-state index contributed by atoms with van der Waals surface area (Å²) >= 11 is 6.09. The molecule has 2 aromatic carbocycles. The summed E-state index contributed by atoms with van der Waals surface area (Å²) in [6.45, 7) is 0.778. The Bertz CT molecular complexity index is 873. The third-order valence-corrected chi connectivity index (χ3v) is 5.44. The van der Waals surface area contributed by atoms with Crippen LogP contribution in [0.25, 0.3) is 0 Å². The first-order chi connectivity index (χ1) is 13.9. The number of anilines is 1. The van der Waals surface area contributed by atoms with Crippen molar-refractivity contribution in [1.82, 2.24) is 10.2 Å². The van der Waals surface area contributed by atoms with E-state index in [9.17, 15) is 9.59 Å². The van der Waals surface area contributed by atoms with Crippen molar-refractivity contribution >= 4 is 29.1 Å². The third-order valence-electron chi connectivity index (χ3n) is 5.20. The Labute approximate surface area is 176 Å². The number of benzene rings is 2. The molecule has 2 unspecified atom stereocenters. The van der Waals surface area contributed by atoms with Gasteiger partial charge in [0.2, 0.25) is 11.8 Å². The summed E-state index contributed by atoms with van der Waals surface area (Å²) in [5.41, 5.74) is 1.72. The van der Waals surface area contributed by atoms with Crippen LogP contribution < -0.4 is 15.0 Å². The molecule has 1 heterocycles. The molecule has 2 aromatic rings. The van der Waals surface area contributed by atoms with Gasteiger partial charge in [-0.15, -0.1) is 0 Å². The normalized spacial score (nSPS) is 17.5. The van der Waals surface area contributed by atoms with Crippen LogP contribution in [-0.2, 0) is 9.59 Å². The number of rotatable bonds is 7. The number of hydrogen-bond donors (Lipinski definition) is 1. The second kappa shape index (κ2) is 9.29. The van der Waals surface area contributed by atoms with E-state index in [1.807, 2.05) is 44.4 Å². The number of nitrogens with zero attached hydrogens (tertiary/aromatic N) is 2. The van der Waals surface area contributed by atoms with Crippen molar-refractivity contribution in [2.24, 2.45) is 5.92 Å². The zero-order chi connectivity index (χ0) is 21.0. The molecule has 154 valence electrons. The Balaban J connectivity index is 1.67. The van der Waals surface area contributed by atoms with Gasteiger partial charge in [-0.05, 0) is 37.9 Å². The largest absolute Gasteiger partial charge is 0.495 e. The maximum Gasteiger partial charge on any atom is 0.227 e. The minimum absolute atomic E-state index is 0.0568. The number of hydrogen-bond acceptors (Lipinski definition) is 4. The van der Waals surface area contributed by atoms with E-state index >= 15 is 0 Å². The van der Waals surface area contributed by atoms with Crippen LogP contribution in [0.2, 0.25) is 5.02 Å². The highest BCUT2D eigenvalue weighted by molar-refractivity contribution is 6.31. The van der Waals surface area contributed by atoms with Gasteiger partial charge < -0.3 is 19.9 Å². The molecule has 0 saturated carbocycles. The van der Waals surface area contributed by atoms with Crippen molar-refractivity contribution in [2.75, 3.05) is 39.2 Å². The van der Waals surface area contributed by atoms with Crippen LogP contribution in [0.1, 0.15) is 18.0 Å². The summed E-state index contributed by atoms with van der Waals surface area (Å²) in [4.78, 5) is 29.0. The molecule has 0 spiro atoms. The second-order valence-electron chi connectivity index (χ2n) is 7.36. The van der Waals surface area contributed by atoms with Gasteiger partial charge in [0, 0.05) is 24.5 Å². The summed E-state index contributed by atoms with van der Waals surface area (Å²) in [6.07, 6.45) is 0.166. The molecular weight excluding hydrogens is 390 g/mol. The molecule has 2 amide bonds. The van der Waals surface area contributed by atoms with Crippen LogP contribution >= 0.6 is 11.6 Å². The van der Waals surface area contributed by atoms with Crippen LogP contribution in [0.4, 0.5) is 5.69 Å². The van der Waals surface area contributed by atoms with Crippen LogP contribution in [0.3, 0.4) is 0 Å². The molecule has 6 nitrogen and oxygen atoms in total. The van der Waals surface area contributed by atoms with E-state index in [1.54, 1.807) is 30.2 Å². The number of nitrogens with one attached hydrogen (secondary N) is 1. The molecule has 0 aliphatic carbocycles. The fraction of sp³-hybridized carbons (Fsp3) is 0.364. The Hall–Kier alpha value is -2.57. The SMILES string of the molecule is COc1ccc(Cl)cc1N1CC(C(=O)NCC(c2ccccc2)N(C)C)CC1=O. The summed E-state index contributed by atoms with van der Waals surface area (Å²) in [7, 11) is 5.51. The topological polar surface area (TPSA) is 61.9 Å². The molecule has 1 N–H and O–H groups in total. The lowest BCUT2D eigenvalue weighted by molar-refractivity contribution is -0.126. The first-order valence-corrected chi connectivity index (χ1v) is 9.91. The fourth-order valence-corrected chi connectivity index (χ4v) is 3.77. The van der Waals surface area contributed by atoms with Crippen LogP contribution in [0, 0.1) is 5.92 Å². The first-order valence-electron chi connectivity index (χ1n) is 9.53. The molecule has 2 atom stereocenters. The van der Waals surface area contributed by atoms with Gasteiger partial charge in [0.1, 0.15) is 5.75 Å². The average Bonchev–Trinajstić information content (AvgIpc) is 3.10. The Morgan fingerprint density at radius 1 is 1.28 bits per heavy atom. The highest BCUT2D eigenvalue weighted by atomic mass is 35.5. The number of methoxy groups -OCH3 is 1. The number of ether oxygens (including phenoxy) is 1. The maximum absolute atomic E-state index is 12.8. The van der Waals surface area contributed by atoms with E-state index < -0.39 is 5.92 Å². The minimum Gasteiger partial charge on any atom is -0.495 e. The molecule has 29 heavy (non-hydrogen) atoms. The van der Waals surface area contributed by atoms with Gasteiger partial charge >= 0.3 is 0 Å². The van der Waals surface area contributed by atoms with Gasteiger partial charge in [0.05, 0.1) is 24.8 Å². The van der Waals surface area contributed by atoms with Gasteiger partial charge in [-0.25, -0.2) is 0 Å².